The predicted octanol–water partition coefficient (Wildman–Crippen LogP) is 1.44. The molecule has 160 valence electrons. The van der Waals surface area contributed by atoms with E-state index in [1.165, 1.54) is 0 Å². The van der Waals surface area contributed by atoms with Gasteiger partial charge >= 0.3 is 0 Å². The average molecular weight is 421 g/mol. The first-order valence-corrected chi connectivity index (χ1v) is 10.4. The van der Waals surface area contributed by atoms with Crippen molar-refractivity contribution < 1.29 is 14.3 Å². The van der Waals surface area contributed by atoms with Gasteiger partial charge in [0.05, 0.1) is 31.4 Å². The maximum absolute atomic E-state index is 13.2. The van der Waals surface area contributed by atoms with Crippen molar-refractivity contribution in [1.82, 2.24) is 19.7 Å². The molecule has 0 saturated carbocycles. The number of rotatable bonds is 4. The largest absolute Gasteiger partial charge is 0.377 e. The van der Waals surface area contributed by atoms with Crippen LogP contribution in [0.15, 0.2) is 24.4 Å². The maximum atomic E-state index is 13.2. The number of hydrogen-bond acceptors (Lipinski definition) is 7. The van der Waals surface area contributed by atoms with Crippen LogP contribution in [0.25, 0.3) is 0 Å². The SMILES string of the molecule is Cn1nc(Nc2cc(N3CCC(C#N)C3=O)ccn2)cc1C(=O)N1C2CCC1COC2. The summed E-state index contributed by atoms with van der Waals surface area (Å²) in [7, 11) is 1.75. The Kier molecular flexibility index (Phi) is 4.82. The van der Waals surface area contributed by atoms with Crippen LogP contribution in [0.1, 0.15) is 29.8 Å². The third-order valence-electron chi connectivity index (χ3n) is 6.25. The molecule has 3 saturated heterocycles. The van der Waals surface area contributed by atoms with Gasteiger partial charge in [-0.15, -0.1) is 0 Å². The first-order valence-electron chi connectivity index (χ1n) is 10.4. The number of aryl methyl sites for hydroxylation is 1. The zero-order valence-corrected chi connectivity index (χ0v) is 17.2. The van der Waals surface area contributed by atoms with Crippen molar-refractivity contribution in [2.24, 2.45) is 13.0 Å². The topological polar surface area (TPSA) is 116 Å². The number of amides is 2. The molecule has 0 radical (unpaired) electrons. The Morgan fingerprint density at radius 1 is 1.23 bits per heavy atom. The predicted molar refractivity (Wildman–Crippen MR) is 111 cm³/mol. The first-order chi connectivity index (χ1) is 15.0. The molecule has 0 aliphatic carbocycles. The fourth-order valence-corrected chi connectivity index (χ4v) is 4.66. The number of aromatic nitrogens is 3. The minimum Gasteiger partial charge on any atom is -0.377 e. The zero-order chi connectivity index (χ0) is 21.5. The van der Waals surface area contributed by atoms with Gasteiger partial charge in [-0.2, -0.15) is 10.4 Å². The van der Waals surface area contributed by atoms with Gasteiger partial charge in [-0.25, -0.2) is 4.98 Å². The van der Waals surface area contributed by atoms with Crippen LogP contribution in [0.5, 0.6) is 0 Å². The summed E-state index contributed by atoms with van der Waals surface area (Å²) in [5, 5.41) is 16.6. The van der Waals surface area contributed by atoms with E-state index in [0.717, 1.165) is 12.8 Å². The van der Waals surface area contributed by atoms with E-state index in [0.29, 0.717) is 49.2 Å². The van der Waals surface area contributed by atoms with E-state index in [4.69, 9.17) is 10.00 Å². The number of nitrogens with one attached hydrogen (secondary N) is 1. The molecule has 2 amide bonds. The second kappa shape index (κ2) is 7.67. The Hall–Kier alpha value is -3.45. The molecular weight excluding hydrogens is 398 g/mol. The van der Waals surface area contributed by atoms with Gasteiger partial charge in [-0.05, 0) is 25.3 Å². The van der Waals surface area contributed by atoms with Gasteiger partial charge < -0.3 is 19.9 Å². The maximum Gasteiger partial charge on any atom is 0.272 e. The van der Waals surface area contributed by atoms with Gasteiger partial charge in [0, 0.05) is 37.6 Å². The van der Waals surface area contributed by atoms with Crippen LogP contribution in [0.4, 0.5) is 17.3 Å². The number of pyridine rings is 1. The number of fused-ring (bicyclic) bond motifs is 2. The number of nitriles is 1. The molecule has 10 heteroatoms. The lowest BCUT2D eigenvalue weighted by Crippen LogP contribution is -2.49. The van der Waals surface area contributed by atoms with Crippen molar-refractivity contribution in [1.29, 1.82) is 5.26 Å². The summed E-state index contributed by atoms with van der Waals surface area (Å²) < 4.78 is 7.15. The van der Waals surface area contributed by atoms with Crippen LogP contribution >= 0.6 is 0 Å². The minimum absolute atomic E-state index is 0.0363. The van der Waals surface area contributed by atoms with Crippen LogP contribution in [-0.4, -0.2) is 63.3 Å². The highest BCUT2D eigenvalue weighted by Gasteiger charge is 2.41. The van der Waals surface area contributed by atoms with E-state index in [2.05, 4.69) is 15.4 Å². The normalized spacial score (nSPS) is 25.0. The van der Waals surface area contributed by atoms with Crippen LogP contribution in [0, 0.1) is 17.2 Å². The molecule has 3 atom stereocenters. The first kappa shape index (κ1) is 19.5. The van der Waals surface area contributed by atoms with Gasteiger partial charge in [0.15, 0.2) is 5.82 Å². The van der Waals surface area contributed by atoms with Crippen molar-refractivity contribution >= 4 is 29.1 Å². The molecule has 5 rings (SSSR count). The zero-order valence-electron chi connectivity index (χ0n) is 17.2. The number of hydrogen-bond donors (Lipinski definition) is 1. The third-order valence-corrected chi connectivity index (χ3v) is 6.25. The summed E-state index contributed by atoms with van der Waals surface area (Å²) in [5.74, 6) is 0.189. The number of anilines is 3. The van der Waals surface area contributed by atoms with Crippen molar-refractivity contribution in [3.63, 3.8) is 0 Å². The molecule has 10 nitrogen and oxygen atoms in total. The molecular formula is C21H23N7O3. The smallest absolute Gasteiger partial charge is 0.272 e. The van der Waals surface area contributed by atoms with Crippen molar-refractivity contribution in [3.05, 3.63) is 30.1 Å². The Morgan fingerprint density at radius 2 is 2.00 bits per heavy atom. The quantitative estimate of drug-likeness (QED) is 0.794. The second-order valence-corrected chi connectivity index (χ2v) is 8.16. The molecule has 5 heterocycles. The number of nitrogens with zero attached hydrogens (tertiary/aromatic N) is 6. The summed E-state index contributed by atoms with van der Waals surface area (Å²) in [6.07, 6.45) is 4.07. The van der Waals surface area contributed by atoms with Gasteiger partial charge in [0.1, 0.15) is 17.4 Å². The van der Waals surface area contributed by atoms with E-state index in [-0.39, 0.29) is 23.9 Å². The fraction of sp³-hybridized carbons (Fsp3) is 0.476. The Balaban J connectivity index is 1.33. The molecule has 3 unspecified atom stereocenters. The fourth-order valence-electron chi connectivity index (χ4n) is 4.66. The molecule has 2 aromatic heterocycles. The highest BCUT2D eigenvalue weighted by molar-refractivity contribution is 5.99. The van der Waals surface area contributed by atoms with Crippen LogP contribution in [-0.2, 0) is 16.6 Å². The molecule has 0 aromatic carbocycles. The minimum atomic E-state index is -0.593. The number of ether oxygens (including phenoxy) is 1. The van der Waals surface area contributed by atoms with Crippen molar-refractivity contribution in [3.8, 4) is 6.07 Å². The molecule has 1 N–H and O–H groups in total. The number of carbonyl (C=O) groups excluding carboxylic acids is 2. The Morgan fingerprint density at radius 3 is 2.71 bits per heavy atom. The summed E-state index contributed by atoms with van der Waals surface area (Å²) in [5.41, 5.74) is 1.18. The monoisotopic (exact) mass is 421 g/mol. The Bertz CT molecular complexity index is 1060. The number of carbonyl (C=O) groups is 2. The molecule has 3 aliphatic rings. The standard InChI is InChI=1S/C21H23N7O3/c1-26-17(21(30)28-15-2-3-16(28)12-31-11-15)9-19(25-26)24-18-8-14(4-6-23-18)27-7-5-13(10-22)20(27)29/h4,6,8-9,13,15-16H,2-3,5,7,11-12H2,1H3,(H,23,24,25). The van der Waals surface area contributed by atoms with E-state index in [1.54, 1.807) is 41.0 Å². The lowest BCUT2D eigenvalue weighted by atomic mass is 10.1. The molecule has 0 spiro atoms. The van der Waals surface area contributed by atoms with Gasteiger partial charge in [0.2, 0.25) is 5.91 Å². The molecule has 31 heavy (non-hydrogen) atoms. The highest BCUT2D eigenvalue weighted by Crippen LogP contribution is 2.31. The lowest BCUT2D eigenvalue weighted by molar-refractivity contribution is -0.119. The molecule has 3 aliphatic heterocycles. The summed E-state index contributed by atoms with van der Waals surface area (Å²) in [6.45, 7) is 1.68. The lowest BCUT2D eigenvalue weighted by Gasteiger charge is -2.34. The Labute approximate surface area is 179 Å². The van der Waals surface area contributed by atoms with Crippen LogP contribution < -0.4 is 10.2 Å². The van der Waals surface area contributed by atoms with E-state index in [9.17, 15) is 9.59 Å². The van der Waals surface area contributed by atoms with Gasteiger partial charge in [0.25, 0.3) is 5.91 Å². The van der Waals surface area contributed by atoms with Crippen LogP contribution in [0.2, 0.25) is 0 Å². The van der Waals surface area contributed by atoms with Crippen LogP contribution in [0.3, 0.4) is 0 Å². The van der Waals surface area contributed by atoms with Crippen molar-refractivity contribution in [2.45, 2.75) is 31.3 Å². The van der Waals surface area contributed by atoms with E-state index >= 15 is 0 Å². The van der Waals surface area contributed by atoms with Crippen molar-refractivity contribution in [2.75, 3.05) is 30.0 Å². The second-order valence-electron chi connectivity index (χ2n) is 8.16. The molecule has 2 aromatic rings. The molecule has 2 bridgehead atoms. The summed E-state index contributed by atoms with van der Waals surface area (Å²) >= 11 is 0. The van der Waals surface area contributed by atoms with E-state index < -0.39 is 5.92 Å². The highest BCUT2D eigenvalue weighted by atomic mass is 16.5. The van der Waals surface area contributed by atoms with Gasteiger partial charge in [-0.3, -0.25) is 14.3 Å². The average Bonchev–Trinajstić information content (AvgIpc) is 3.40. The van der Waals surface area contributed by atoms with Gasteiger partial charge in [-0.1, -0.05) is 0 Å². The molecule has 3 fully saturated rings. The number of morpholine rings is 1. The third kappa shape index (κ3) is 3.41. The summed E-state index contributed by atoms with van der Waals surface area (Å²) in [6, 6.07) is 7.51. The van der Waals surface area contributed by atoms with E-state index in [1.807, 2.05) is 11.0 Å². The summed E-state index contributed by atoms with van der Waals surface area (Å²) in [4.78, 5) is 33.3.